The topological polar surface area (TPSA) is 4.93 Å². The number of allylic oxidation sites excluding steroid dienone is 1. The van der Waals surface area contributed by atoms with Gasteiger partial charge in [0.05, 0.1) is 5.69 Å². The van der Waals surface area contributed by atoms with Crippen molar-refractivity contribution in [2.24, 2.45) is 0 Å². The molecule has 1 heterocycles. The van der Waals surface area contributed by atoms with Crippen molar-refractivity contribution in [3.63, 3.8) is 0 Å². The maximum Gasteiger partial charge on any atom is 0.0588 e. The van der Waals surface area contributed by atoms with Crippen molar-refractivity contribution in [1.29, 1.82) is 0 Å². The molecule has 1 aromatic rings. The number of thiol groups is 1. The Morgan fingerprint density at radius 3 is 2.75 bits per heavy atom. The lowest BCUT2D eigenvalue weighted by molar-refractivity contribution is 1.17. The summed E-state index contributed by atoms with van der Waals surface area (Å²) in [5.74, 6) is 0. The Kier molecular flexibility index (Phi) is 2.82. The highest BCUT2D eigenvalue weighted by atomic mass is 32.1. The van der Waals surface area contributed by atoms with Crippen LogP contribution in [0.1, 0.15) is 23.9 Å². The Balaban J connectivity index is 3.30. The molecule has 0 atom stereocenters. The number of hydrogen-bond acceptors (Lipinski definition) is 1. The summed E-state index contributed by atoms with van der Waals surface area (Å²) >= 11 is 4.34. The van der Waals surface area contributed by atoms with Gasteiger partial charge in [-0.2, -0.15) is 0 Å². The van der Waals surface area contributed by atoms with Crippen LogP contribution in [0.3, 0.4) is 0 Å². The quantitative estimate of drug-likeness (QED) is 0.665. The minimum Gasteiger partial charge on any atom is -0.291 e. The smallest absolute Gasteiger partial charge is 0.0588 e. The molecule has 0 fully saturated rings. The van der Waals surface area contributed by atoms with Gasteiger partial charge in [0, 0.05) is 11.3 Å². The van der Waals surface area contributed by atoms with Gasteiger partial charge < -0.3 is 0 Å². The molecule has 0 aliphatic rings. The molecule has 1 aromatic heterocycles. The van der Waals surface area contributed by atoms with E-state index in [0.717, 1.165) is 17.0 Å². The molecule has 0 saturated heterocycles. The molecule has 1 nitrogen and oxygen atoms in total. The fourth-order valence-electron chi connectivity index (χ4n) is 1.16. The zero-order chi connectivity index (χ0) is 9.14. The first-order chi connectivity index (χ1) is 5.70. The van der Waals surface area contributed by atoms with Crippen LogP contribution in [0.4, 0.5) is 0 Å². The predicted molar refractivity (Wildman–Crippen MR) is 58.4 cm³/mol. The molecular formula is C10H13NS. The molecule has 1 rings (SSSR count). The van der Waals surface area contributed by atoms with E-state index >= 15 is 0 Å². The van der Waals surface area contributed by atoms with Crippen LogP contribution in [0.25, 0.3) is 12.2 Å². The molecule has 0 unspecified atom stereocenters. The fraction of sp³-hybridized carbons (Fsp3) is 0.200. The first-order valence-electron chi connectivity index (χ1n) is 3.87. The van der Waals surface area contributed by atoms with E-state index in [0.29, 0.717) is 0 Å². The van der Waals surface area contributed by atoms with Gasteiger partial charge >= 0.3 is 0 Å². The number of hydrogen-bond donors (Lipinski definition) is 1. The lowest BCUT2D eigenvalue weighted by atomic mass is 10.2. The van der Waals surface area contributed by atoms with Gasteiger partial charge in [-0.25, -0.2) is 0 Å². The maximum absolute atomic E-state index is 4.34. The van der Waals surface area contributed by atoms with E-state index in [1.54, 1.807) is 0 Å². The number of aromatic nitrogens is 1. The van der Waals surface area contributed by atoms with E-state index in [2.05, 4.69) is 25.5 Å². The molecule has 0 N–H and O–H groups in total. The largest absolute Gasteiger partial charge is 0.291 e. The van der Waals surface area contributed by atoms with Gasteiger partial charge in [-0.15, -0.1) is 0 Å². The molecule has 0 spiro atoms. The van der Waals surface area contributed by atoms with Gasteiger partial charge in [-0.05, 0) is 26.0 Å². The lowest BCUT2D eigenvalue weighted by Crippen LogP contribution is -1.86. The predicted octanol–water partition coefficient (Wildman–Crippen LogP) is 3.17. The molecule has 12 heavy (non-hydrogen) atoms. The van der Waals surface area contributed by atoms with Gasteiger partial charge in [0.25, 0.3) is 0 Å². The molecule has 0 aromatic carbocycles. The molecular weight excluding hydrogens is 166 g/mol. The Bertz CT molecular complexity index is 321. The Labute approximate surface area is 79.0 Å². The van der Waals surface area contributed by atoms with Crippen molar-refractivity contribution in [2.75, 3.05) is 0 Å². The van der Waals surface area contributed by atoms with Crippen LogP contribution in [0, 0.1) is 6.92 Å². The van der Waals surface area contributed by atoms with E-state index in [4.69, 9.17) is 0 Å². The Morgan fingerprint density at radius 1 is 1.58 bits per heavy atom. The van der Waals surface area contributed by atoms with Crippen molar-refractivity contribution in [2.45, 2.75) is 13.8 Å². The standard InChI is InChI=1S/C10H13NS/c1-4-6-10-9(5-2)7-8(3)11(10)12/h4-7,12H,2H2,1,3H3/b6-4-. The minimum atomic E-state index is 1.09. The first-order valence-corrected chi connectivity index (χ1v) is 4.27. The summed E-state index contributed by atoms with van der Waals surface area (Å²) in [5, 5.41) is 0. The normalized spacial score (nSPS) is 10.9. The summed E-state index contributed by atoms with van der Waals surface area (Å²) in [6.07, 6.45) is 5.86. The van der Waals surface area contributed by atoms with E-state index in [-0.39, 0.29) is 0 Å². The summed E-state index contributed by atoms with van der Waals surface area (Å²) in [7, 11) is 0. The molecule has 0 bridgehead atoms. The number of aryl methyl sites for hydroxylation is 1. The van der Waals surface area contributed by atoms with Gasteiger partial charge in [0.1, 0.15) is 0 Å². The van der Waals surface area contributed by atoms with E-state index in [9.17, 15) is 0 Å². The van der Waals surface area contributed by atoms with E-state index in [1.807, 2.05) is 36.0 Å². The SMILES string of the molecule is C=Cc1cc(C)n(S)c1/C=C\C. The van der Waals surface area contributed by atoms with E-state index < -0.39 is 0 Å². The second kappa shape index (κ2) is 3.68. The fourth-order valence-corrected chi connectivity index (χ4v) is 1.40. The van der Waals surface area contributed by atoms with Gasteiger partial charge in [-0.1, -0.05) is 31.5 Å². The summed E-state index contributed by atoms with van der Waals surface area (Å²) < 4.78 is 1.86. The van der Waals surface area contributed by atoms with E-state index in [1.165, 1.54) is 0 Å². The second-order valence-electron chi connectivity index (χ2n) is 2.64. The van der Waals surface area contributed by atoms with Crippen LogP contribution in [-0.4, -0.2) is 3.97 Å². The summed E-state index contributed by atoms with van der Waals surface area (Å²) in [6, 6.07) is 2.06. The van der Waals surface area contributed by atoms with Crippen LogP contribution >= 0.6 is 12.8 Å². The van der Waals surface area contributed by atoms with Gasteiger partial charge in [-0.3, -0.25) is 3.97 Å². The van der Waals surface area contributed by atoms with Crippen LogP contribution in [0.15, 0.2) is 18.7 Å². The van der Waals surface area contributed by atoms with Gasteiger partial charge in [0.15, 0.2) is 0 Å². The van der Waals surface area contributed by atoms with Crippen molar-refractivity contribution < 1.29 is 0 Å². The third-order valence-electron chi connectivity index (χ3n) is 1.77. The summed E-state index contributed by atoms with van der Waals surface area (Å²) in [4.78, 5) is 0. The molecule has 2 heteroatoms. The third kappa shape index (κ3) is 1.48. The second-order valence-corrected chi connectivity index (χ2v) is 3.04. The first kappa shape index (κ1) is 9.20. The molecule has 0 saturated carbocycles. The van der Waals surface area contributed by atoms with Crippen LogP contribution in [0.5, 0.6) is 0 Å². The van der Waals surface area contributed by atoms with Crippen molar-refractivity contribution in [3.05, 3.63) is 35.7 Å². The lowest BCUT2D eigenvalue weighted by Gasteiger charge is -1.98. The molecule has 0 aliphatic carbocycles. The molecule has 0 amide bonds. The number of nitrogens with zero attached hydrogens (tertiary/aromatic N) is 1. The molecule has 0 aliphatic heterocycles. The Morgan fingerprint density at radius 2 is 2.25 bits per heavy atom. The van der Waals surface area contributed by atoms with Crippen LogP contribution < -0.4 is 0 Å². The highest BCUT2D eigenvalue weighted by molar-refractivity contribution is 7.78. The zero-order valence-electron chi connectivity index (χ0n) is 7.41. The van der Waals surface area contributed by atoms with Crippen molar-refractivity contribution in [3.8, 4) is 0 Å². The number of rotatable bonds is 2. The Hall–Kier alpha value is -0.890. The summed E-state index contributed by atoms with van der Waals surface area (Å²) in [6.45, 7) is 7.76. The van der Waals surface area contributed by atoms with Crippen LogP contribution in [0.2, 0.25) is 0 Å². The average molecular weight is 179 g/mol. The van der Waals surface area contributed by atoms with Gasteiger partial charge in [0.2, 0.25) is 0 Å². The minimum absolute atomic E-state index is 1.09. The van der Waals surface area contributed by atoms with Crippen molar-refractivity contribution in [1.82, 2.24) is 3.97 Å². The van der Waals surface area contributed by atoms with Crippen LogP contribution in [-0.2, 0) is 0 Å². The van der Waals surface area contributed by atoms with Crippen molar-refractivity contribution >= 4 is 25.0 Å². The summed E-state index contributed by atoms with van der Waals surface area (Å²) in [5.41, 5.74) is 3.34. The third-order valence-corrected chi connectivity index (χ3v) is 2.30. The maximum atomic E-state index is 4.34. The highest BCUT2D eigenvalue weighted by Crippen LogP contribution is 2.19. The molecule has 64 valence electrons. The average Bonchev–Trinajstić information content (AvgIpc) is 2.33. The monoisotopic (exact) mass is 179 g/mol. The molecule has 0 radical (unpaired) electrons. The zero-order valence-corrected chi connectivity index (χ0v) is 8.31. The highest BCUT2D eigenvalue weighted by Gasteiger charge is 2.03.